The smallest absolute Gasteiger partial charge is 0.266 e. The van der Waals surface area contributed by atoms with E-state index in [0.717, 1.165) is 0 Å². The zero-order valence-corrected chi connectivity index (χ0v) is 9.05. The van der Waals surface area contributed by atoms with E-state index in [2.05, 4.69) is 15.5 Å². The summed E-state index contributed by atoms with van der Waals surface area (Å²) in [5.41, 5.74) is 0. The second-order valence-electron chi connectivity index (χ2n) is 2.67. The van der Waals surface area contributed by atoms with Crippen LogP contribution >= 0.6 is 22.9 Å². The number of rotatable bonds is 2. The van der Waals surface area contributed by atoms with Crippen LogP contribution in [-0.4, -0.2) is 16.1 Å². The van der Waals surface area contributed by atoms with E-state index in [1.54, 1.807) is 18.2 Å². The van der Waals surface area contributed by atoms with Gasteiger partial charge in [0.2, 0.25) is 0 Å². The molecule has 2 aromatic heterocycles. The molecular formula is C9H6ClN3OS. The van der Waals surface area contributed by atoms with Crippen molar-refractivity contribution in [1.29, 1.82) is 0 Å². The summed E-state index contributed by atoms with van der Waals surface area (Å²) in [6.45, 7) is 0. The minimum atomic E-state index is -0.193. The fourth-order valence-electron chi connectivity index (χ4n) is 0.968. The van der Waals surface area contributed by atoms with Crippen molar-refractivity contribution in [3.8, 4) is 0 Å². The third-order valence-corrected chi connectivity index (χ3v) is 2.69. The zero-order chi connectivity index (χ0) is 10.7. The van der Waals surface area contributed by atoms with Gasteiger partial charge < -0.3 is 5.32 Å². The maximum Gasteiger partial charge on any atom is 0.266 e. The van der Waals surface area contributed by atoms with Gasteiger partial charge in [-0.15, -0.1) is 21.5 Å². The summed E-state index contributed by atoms with van der Waals surface area (Å²) in [6.07, 6.45) is 0. The number of carbonyl (C=O) groups excluding carboxylic acids is 1. The second kappa shape index (κ2) is 4.37. The van der Waals surface area contributed by atoms with Crippen LogP contribution in [0, 0.1) is 0 Å². The molecule has 15 heavy (non-hydrogen) atoms. The van der Waals surface area contributed by atoms with E-state index in [9.17, 15) is 4.79 Å². The number of anilines is 1. The molecule has 0 saturated carbocycles. The predicted octanol–water partition coefficient (Wildman–Crippen LogP) is 2.44. The van der Waals surface area contributed by atoms with Crippen LogP contribution in [0.3, 0.4) is 0 Å². The summed E-state index contributed by atoms with van der Waals surface area (Å²) < 4.78 is 0. The number of amides is 1. The van der Waals surface area contributed by atoms with Crippen LogP contribution in [0.4, 0.5) is 5.82 Å². The van der Waals surface area contributed by atoms with Crippen LogP contribution < -0.4 is 5.32 Å². The molecule has 0 aromatic carbocycles. The highest BCUT2D eigenvalue weighted by Gasteiger charge is 2.07. The van der Waals surface area contributed by atoms with Crippen LogP contribution in [-0.2, 0) is 0 Å². The van der Waals surface area contributed by atoms with Crippen LogP contribution in [0.2, 0.25) is 5.15 Å². The number of hydrogen-bond donors (Lipinski definition) is 1. The van der Waals surface area contributed by atoms with E-state index in [1.165, 1.54) is 11.3 Å². The highest BCUT2D eigenvalue weighted by molar-refractivity contribution is 7.12. The first-order valence-electron chi connectivity index (χ1n) is 4.10. The number of halogens is 1. The lowest BCUT2D eigenvalue weighted by Crippen LogP contribution is -2.11. The first-order chi connectivity index (χ1) is 7.25. The van der Waals surface area contributed by atoms with Gasteiger partial charge in [-0.25, -0.2) is 0 Å². The number of hydrogen-bond acceptors (Lipinski definition) is 4. The molecule has 76 valence electrons. The predicted molar refractivity (Wildman–Crippen MR) is 59.3 cm³/mol. The van der Waals surface area contributed by atoms with Crippen LogP contribution in [0.1, 0.15) is 9.67 Å². The van der Waals surface area contributed by atoms with E-state index in [0.29, 0.717) is 15.8 Å². The van der Waals surface area contributed by atoms with E-state index in [-0.39, 0.29) is 5.91 Å². The van der Waals surface area contributed by atoms with Crippen molar-refractivity contribution in [3.05, 3.63) is 39.7 Å². The summed E-state index contributed by atoms with van der Waals surface area (Å²) in [7, 11) is 0. The molecule has 0 unspecified atom stereocenters. The van der Waals surface area contributed by atoms with Gasteiger partial charge in [-0.1, -0.05) is 17.7 Å². The Morgan fingerprint density at radius 3 is 2.80 bits per heavy atom. The largest absolute Gasteiger partial charge is 0.304 e. The Labute approximate surface area is 94.9 Å². The van der Waals surface area contributed by atoms with Crippen molar-refractivity contribution in [1.82, 2.24) is 10.2 Å². The summed E-state index contributed by atoms with van der Waals surface area (Å²) in [5.74, 6) is 0.194. The van der Waals surface area contributed by atoms with Gasteiger partial charge in [0.05, 0.1) is 4.88 Å². The first kappa shape index (κ1) is 10.1. The molecule has 2 heterocycles. The first-order valence-corrected chi connectivity index (χ1v) is 5.35. The van der Waals surface area contributed by atoms with Crippen molar-refractivity contribution < 1.29 is 4.79 Å². The number of nitrogens with one attached hydrogen (secondary N) is 1. The van der Waals surface area contributed by atoms with Crippen LogP contribution in [0.25, 0.3) is 0 Å². The summed E-state index contributed by atoms with van der Waals surface area (Å²) in [5, 5.41) is 12.1. The molecule has 4 nitrogen and oxygen atoms in total. The van der Waals surface area contributed by atoms with Gasteiger partial charge in [-0.3, -0.25) is 4.79 Å². The van der Waals surface area contributed by atoms with Gasteiger partial charge in [0.25, 0.3) is 5.91 Å². The van der Waals surface area contributed by atoms with Gasteiger partial charge in [-0.05, 0) is 23.6 Å². The van der Waals surface area contributed by atoms with E-state index < -0.39 is 0 Å². The lowest BCUT2D eigenvalue weighted by atomic mass is 10.4. The van der Waals surface area contributed by atoms with Crippen LogP contribution in [0.5, 0.6) is 0 Å². The Kier molecular flexibility index (Phi) is 2.94. The molecular weight excluding hydrogens is 234 g/mol. The lowest BCUT2D eigenvalue weighted by molar-refractivity contribution is 0.103. The van der Waals surface area contributed by atoms with Gasteiger partial charge in [-0.2, -0.15) is 0 Å². The molecule has 0 aliphatic rings. The molecule has 0 bridgehead atoms. The number of carbonyl (C=O) groups is 1. The van der Waals surface area contributed by atoms with Gasteiger partial charge in [0.1, 0.15) is 0 Å². The maximum atomic E-state index is 11.6. The molecule has 0 aliphatic carbocycles. The number of thiophene rings is 1. The number of aromatic nitrogens is 2. The molecule has 1 N–H and O–H groups in total. The van der Waals surface area contributed by atoms with Crippen molar-refractivity contribution in [2.75, 3.05) is 5.32 Å². The molecule has 0 atom stereocenters. The monoisotopic (exact) mass is 239 g/mol. The van der Waals surface area contributed by atoms with Crippen molar-refractivity contribution in [2.24, 2.45) is 0 Å². The van der Waals surface area contributed by atoms with Crippen molar-refractivity contribution in [3.63, 3.8) is 0 Å². The third-order valence-electron chi connectivity index (χ3n) is 1.62. The van der Waals surface area contributed by atoms with Gasteiger partial charge >= 0.3 is 0 Å². The standard InChI is InChI=1S/C9H6ClN3OS/c10-7-3-4-8(13-12-7)11-9(14)6-2-1-5-15-6/h1-5H,(H,11,13,14). The molecule has 0 spiro atoms. The molecule has 0 fully saturated rings. The Morgan fingerprint density at radius 1 is 1.33 bits per heavy atom. The SMILES string of the molecule is O=C(Nc1ccc(Cl)nn1)c1cccs1. The van der Waals surface area contributed by atoms with E-state index >= 15 is 0 Å². The molecule has 0 saturated heterocycles. The maximum absolute atomic E-state index is 11.6. The van der Waals surface area contributed by atoms with E-state index in [4.69, 9.17) is 11.6 Å². The molecule has 0 radical (unpaired) electrons. The normalized spacial score (nSPS) is 9.93. The quantitative estimate of drug-likeness (QED) is 0.876. The Bertz CT molecular complexity index is 455. The van der Waals surface area contributed by atoms with Crippen LogP contribution in [0.15, 0.2) is 29.6 Å². The Hall–Kier alpha value is -1.46. The fraction of sp³-hybridized carbons (Fsp3) is 0. The minimum absolute atomic E-state index is 0.193. The average Bonchev–Trinajstić information content (AvgIpc) is 2.74. The third kappa shape index (κ3) is 2.51. The molecule has 0 aliphatic heterocycles. The summed E-state index contributed by atoms with van der Waals surface area (Å²) in [4.78, 5) is 12.2. The molecule has 2 aromatic rings. The van der Waals surface area contributed by atoms with Crippen molar-refractivity contribution >= 4 is 34.7 Å². The Balaban J connectivity index is 2.09. The summed E-state index contributed by atoms with van der Waals surface area (Å²) >= 11 is 6.93. The molecule has 1 amide bonds. The van der Waals surface area contributed by atoms with Gasteiger partial charge in [0, 0.05) is 0 Å². The van der Waals surface area contributed by atoms with E-state index in [1.807, 2.05) is 11.4 Å². The zero-order valence-electron chi connectivity index (χ0n) is 7.48. The highest BCUT2D eigenvalue weighted by atomic mass is 35.5. The number of nitrogens with zero attached hydrogens (tertiary/aromatic N) is 2. The lowest BCUT2D eigenvalue weighted by Gasteiger charge is -2.00. The topological polar surface area (TPSA) is 54.9 Å². The highest BCUT2D eigenvalue weighted by Crippen LogP contribution is 2.12. The average molecular weight is 240 g/mol. The van der Waals surface area contributed by atoms with Crippen molar-refractivity contribution in [2.45, 2.75) is 0 Å². The second-order valence-corrected chi connectivity index (χ2v) is 4.01. The molecule has 2 rings (SSSR count). The molecule has 6 heteroatoms. The van der Waals surface area contributed by atoms with Gasteiger partial charge in [0.15, 0.2) is 11.0 Å². The minimum Gasteiger partial charge on any atom is -0.304 e. The summed E-state index contributed by atoms with van der Waals surface area (Å²) in [6, 6.07) is 6.72. The Morgan fingerprint density at radius 2 is 2.20 bits per heavy atom. The fourth-order valence-corrected chi connectivity index (χ4v) is 1.69.